The first-order chi connectivity index (χ1) is 19.3. The molecule has 40 heavy (non-hydrogen) atoms. The Kier molecular flexibility index (Phi) is 8.24. The lowest BCUT2D eigenvalue weighted by molar-refractivity contribution is 0.357. The molecule has 0 saturated carbocycles. The summed E-state index contributed by atoms with van der Waals surface area (Å²) in [6.07, 6.45) is 1.62. The topological polar surface area (TPSA) is 72.1 Å². The Labute approximate surface area is 235 Å². The predicted molar refractivity (Wildman–Crippen MR) is 158 cm³/mol. The van der Waals surface area contributed by atoms with Crippen molar-refractivity contribution in [1.82, 2.24) is 4.31 Å². The molecule has 0 amide bonds. The summed E-state index contributed by atoms with van der Waals surface area (Å²) < 4.78 is 40.5. The number of rotatable bonds is 10. The second-order valence-electron chi connectivity index (χ2n) is 9.54. The van der Waals surface area contributed by atoms with E-state index < -0.39 is 10.0 Å². The molecule has 5 rings (SSSR count). The summed E-state index contributed by atoms with van der Waals surface area (Å²) >= 11 is 0. The Bertz CT molecular complexity index is 1670. The van der Waals surface area contributed by atoms with Crippen LogP contribution in [0.15, 0.2) is 130 Å². The van der Waals surface area contributed by atoms with Gasteiger partial charge in [-0.2, -0.15) is 4.31 Å². The number of benzene rings is 4. The number of furan rings is 1. The molecule has 0 aliphatic carbocycles. The number of hydrogen-bond donors (Lipinski definition) is 0. The normalized spacial score (nSPS) is 11.8. The molecular formula is C33H30N2O4S. The van der Waals surface area contributed by atoms with Gasteiger partial charge in [0.05, 0.1) is 23.3 Å². The maximum atomic E-state index is 13.6. The van der Waals surface area contributed by atoms with Crippen LogP contribution in [-0.4, -0.2) is 18.9 Å². The zero-order valence-corrected chi connectivity index (χ0v) is 23.2. The monoisotopic (exact) mass is 550 g/mol. The minimum Gasteiger partial charge on any atom is -0.459 e. The molecule has 0 bridgehead atoms. The van der Waals surface area contributed by atoms with Gasteiger partial charge in [-0.15, -0.1) is 0 Å². The Hall–Kier alpha value is -4.46. The van der Waals surface area contributed by atoms with Crippen LogP contribution in [0.1, 0.15) is 28.2 Å². The minimum absolute atomic E-state index is 0.0868. The molecule has 1 heterocycles. The Morgan fingerprint density at radius 2 is 1.35 bits per heavy atom. The molecule has 0 unspecified atom stereocenters. The molecule has 0 N–H and O–H groups in total. The Morgan fingerprint density at radius 3 is 2.02 bits per heavy atom. The molecule has 202 valence electrons. The smallest absolute Gasteiger partial charge is 0.243 e. The van der Waals surface area contributed by atoms with Crippen LogP contribution in [0.4, 0.5) is 5.69 Å². The molecule has 7 heteroatoms. The van der Waals surface area contributed by atoms with E-state index in [1.807, 2.05) is 92.7 Å². The number of ether oxygens (including phenoxy) is 1. The fraction of sp³-hybridized carbons (Fsp3) is 0.121. The molecule has 0 fully saturated rings. The van der Waals surface area contributed by atoms with E-state index in [-0.39, 0.29) is 18.0 Å². The number of sulfonamides is 1. The number of hydrogen-bond acceptors (Lipinski definition) is 5. The van der Waals surface area contributed by atoms with Gasteiger partial charge in [0.25, 0.3) is 0 Å². The second kappa shape index (κ2) is 12.2. The third-order valence-electron chi connectivity index (χ3n) is 6.31. The van der Waals surface area contributed by atoms with Gasteiger partial charge in [-0.05, 0) is 80.1 Å². The largest absolute Gasteiger partial charge is 0.459 e. The van der Waals surface area contributed by atoms with E-state index in [2.05, 4.69) is 4.99 Å². The first kappa shape index (κ1) is 27.1. The first-order valence-corrected chi connectivity index (χ1v) is 14.4. The lowest BCUT2D eigenvalue weighted by Crippen LogP contribution is -2.30. The van der Waals surface area contributed by atoms with Crippen molar-refractivity contribution in [2.24, 2.45) is 4.99 Å². The fourth-order valence-electron chi connectivity index (χ4n) is 4.07. The number of aliphatic imine (C=N–C) groups is 1. The van der Waals surface area contributed by atoms with Crippen LogP contribution in [0, 0.1) is 13.8 Å². The molecule has 0 saturated heterocycles. The highest BCUT2D eigenvalue weighted by Crippen LogP contribution is 2.25. The molecule has 1 aromatic heterocycles. The van der Waals surface area contributed by atoms with E-state index in [1.54, 1.807) is 42.6 Å². The minimum atomic E-state index is -3.77. The lowest BCUT2D eigenvalue weighted by Gasteiger charge is -2.21. The maximum absolute atomic E-state index is 13.6. The molecule has 0 aliphatic rings. The van der Waals surface area contributed by atoms with Crippen LogP contribution in [0.5, 0.6) is 11.5 Å². The maximum Gasteiger partial charge on any atom is 0.243 e. The van der Waals surface area contributed by atoms with E-state index in [1.165, 1.54) is 4.31 Å². The zero-order valence-electron chi connectivity index (χ0n) is 22.4. The van der Waals surface area contributed by atoms with Gasteiger partial charge in [0.15, 0.2) is 0 Å². The second-order valence-corrected chi connectivity index (χ2v) is 11.5. The van der Waals surface area contributed by atoms with E-state index in [0.29, 0.717) is 17.3 Å². The van der Waals surface area contributed by atoms with Crippen LogP contribution in [-0.2, 0) is 23.1 Å². The highest BCUT2D eigenvalue weighted by atomic mass is 32.2. The van der Waals surface area contributed by atoms with Gasteiger partial charge in [-0.1, -0.05) is 65.7 Å². The Morgan fingerprint density at radius 1 is 0.725 bits per heavy atom. The average Bonchev–Trinajstić information content (AvgIpc) is 3.41. The van der Waals surface area contributed by atoms with Crippen LogP contribution >= 0.6 is 0 Å². The standard InChI is InChI=1S/C33H30N2O4S/c1-25-8-12-27(13-9-25)23-35(40(36,37)33-20-10-26(2)11-21-33)24-32-19-18-31(39-32)22-34-28-14-16-30(17-15-28)38-29-6-4-3-5-7-29/h3-22H,23-24H2,1-2H3. The summed E-state index contributed by atoms with van der Waals surface area (Å²) in [7, 11) is -3.77. The van der Waals surface area contributed by atoms with Crippen molar-refractivity contribution in [2.45, 2.75) is 31.8 Å². The average molecular weight is 551 g/mol. The van der Waals surface area contributed by atoms with E-state index in [9.17, 15) is 8.42 Å². The molecule has 6 nitrogen and oxygen atoms in total. The summed E-state index contributed by atoms with van der Waals surface area (Å²) in [5.41, 5.74) is 3.75. The lowest BCUT2D eigenvalue weighted by atomic mass is 10.1. The number of nitrogens with zero attached hydrogens (tertiary/aromatic N) is 2. The van der Waals surface area contributed by atoms with Crippen molar-refractivity contribution >= 4 is 21.9 Å². The molecule has 0 spiro atoms. The SMILES string of the molecule is Cc1ccc(CN(Cc2ccc(C=Nc3ccc(Oc4ccccc4)cc3)o2)S(=O)(=O)c2ccc(C)cc2)cc1. The molecule has 0 atom stereocenters. The van der Waals surface area contributed by atoms with Crippen molar-refractivity contribution in [3.05, 3.63) is 143 Å². The third-order valence-corrected chi connectivity index (χ3v) is 8.12. The molecule has 5 aromatic rings. The molecular weight excluding hydrogens is 520 g/mol. The van der Waals surface area contributed by atoms with Crippen molar-refractivity contribution in [3.63, 3.8) is 0 Å². The predicted octanol–water partition coefficient (Wildman–Crippen LogP) is 7.83. The van der Waals surface area contributed by atoms with Crippen molar-refractivity contribution in [2.75, 3.05) is 0 Å². The van der Waals surface area contributed by atoms with E-state index in [0.717, 1.165) is 28.1 Å². The summed E-state index contributed by atoms with van der Waals surface area (Å²) in [4.78, 5) is 4.74. The van der Waals surface area contributed by atoms with Gasteiger partial charge in [-0.3, -0.25) is 4.99 Å². The van der Waals surface area contributed by atoms with Gasteiger partial charge < -0.3 is 9.15 Å². The summed E-state index contributed by atoms with van der Waals surface area (Å²) in [6.45, 7) is 4.24. The van der Waals surface area contributed by atoms with Crippen LogP contribution < -0.4 is 4.74 Å². The van der Waals surface area contributed by atoms with Crippen molar-refractivity contribution in [3.8, 4) is 11.5 Å². The van der Waals surface area contributed by atoms with Crippen molar-refractivity contribution < 1.29 is 17.6 Å². The molecule has 4 aromatic carbocycles. The van der Waals surface area contributed by atoms with Gasteiger partial charge in [-0.25, -0.2) is 8.42 Å². The highest BCUT2D eigenvalue weighted by Gasteiger charge is 2.26. The van der Waals surface area contributed by atoms with Gasteiger partial charge in [0.1, 0.15) is 23.0 Å². The highest BCUT2D eigenvalue weighted by molar-refractivity contribution is 7.89. The summed E-state index contributed by atoms with van der Waals surface area (Å²) in [5, 5.41) is 0. The third kappa shape index (κ3) is 6.94. The van der Waals surface area contributed by atoms with Gasteiger partial charge >= 0.3 is 0 Å². The van der Waals surface area contributed by atoms with Gasteiger partial charge in [0, 0.05) is 6.54 Å². The van der Waals surface area contributed by atoms with Crippen LogP contribution in [0.2, 0.25) is 0 Å². The van der Waals surface area contributed by atoms with Crippen LogP contribution in [0.25, 0.3) is 0 Å². The first-order valence-electron chi connectivity index (χ1n) is 12.9. The zero-order chi connectivity index (χ0) is 28.0. The number of para-hydroxylation sites is 1. The number of aryl methyl sites for hydroxylation is 2. The Balaban J connectivity index is 1.31. The van der Waals surface area contributed by atoms with Gasteiger partial charge in [0.2, 0.25) is 10.0 Å². The van der Waals surface area contributed by atoms with Crippen LogP contribution in [0.3, 0.4) is 0 Å². The quantitative estimate of drug-likeness (QED) is 0.166. The van der Waals surface area contributed by atoms with E-state index >= 15 is 0 Å². The van der Waals surface area contributed by atoms with E-state index in [4.69, 9.17) is 9.15 Å². The van der Waals surface area contributed by atoms with Crippen molar-refractivity contribution in [1.29, 1.82) is 0 Å². The molecule has 0 aliphatic heterocycles. The fourth-order valence-corrected chi connectivity index (χ4v) is 5.46. The summed E-state index contributed by atoms with van der Waals surface area (Å²) in [5.74, 6) is 2.54. The molecule has 0 radical (unpaired) electrons. The summed E-state index contributed by atoms with van der Waals surface area (Å²) in [6, 6.07) is 35.3.